The van der Waals surface area contributed by atoms with Gasteiger partial charge in [0.05, 0.1) is 0 Å². The van der Waals surface area contributed by atoms with Gasteiger partial charge in [0.15, 0.2) is 0 Å². The van der Waals surface area contributed by atoms with Gasteiger partial charge in [-0.15, -0.1) is 0 Å². The van der Waals surface area contributed by atoms with E-state index in [9.17, 15) is 9.59 Å². The summed E-state index contributed by atoms with van der Waals surface area (Å²) in [4.78, 5) is 21.5. The van der Waals surface area contributed by atoms with Crippen LogP contribution in [0.3, 0.4) is 0 Å². The second-order valence-corrected chi connectivity index (χ2v) is 3.66. The molecule has 1 aliphatic rings. The molecular formula is C9H11ClN2O3. The van der Waals surface area contributed by atoms with E-state index in [4.69, 9.17) is 22.4 Å². The number of carboxylic acid groups (broad SMARTS) is 1. The van der Waals surface area contributed by atoms with Crippen LogP contribution >= 0.6 is 11.6 Å². The summed E-state index contributed by atoms with van der Waals surface area (Å²) < 4.78 is 0. The molecule has 1 saturated carbocycles. The number of aliphatic carboxylic acids is 1. The Morgan fingerprint density at radius 3 is 2.33 bits per heavy atom. The van der Waals surface area contributed by atoms with Crippen molar-refractivity contribution in [2.75, 3.05) is 0 Å². The predicted molar refractivity (Wildman–Crippen MR) is 54.7 cm³/mol. The van der Waals surface area contributed by atoms with E-state index >= 15 is 0 Å². The summed E-state index contributed by atoms with van der Waals surface area (Å²) in [7, 11) is 0. The van der Waals surface area contributed by atoms with Gasteiger partial charge in [-0.1, -0.05) is 18.2 Å². The second-order valence-electron chi connectivity index (χ2n) is 3.28. The number of rotatable bonds is 5. The SMILES string of the molecule is C=C(NC(C(=O)O)=C(Cl)C(N)=O)C1CC1. The number of halogens is 1. The van der Waals surface area contributed by atoms with Crippen molar-refractivity contribution in [1.82, 2.24) is 5.32 Å². The van der Waals surface area contributed by atoms with Crippen LogP contribution in [0.4, 0.5) is 0 Å². The largest absolute Gasteiger partial charge is 0.477 e. The number of hydrogen-bond acceptors (Lipinski definition) is 3. The highest BCUT2D eigenvalue weighted by Gasteiger charge is 2.27. The number of amides is 1. The topological polar surface area (TPSA) is 92.4 Å². The molecule has 0 aromatic carbocycles. The van der Waals surface area contributed by atoms with Crippen molar-refractivity contribution < 1.29 is 14.7 Å². The number of allylic oxidation sites excluding steroid dienone is 1. The standard InChI is InChI=1S/C9H11ClN2O3/c1-4(5-2-3-5)12-7(9(14)15)6(10)8(11)13/h5,12H,1-3H2,(H2,11,13)(H,14,15). The molecular weight excluding hydrogens is 220 g/mol. The minimum Gasteiger partial charge on any atom is -0.477 e. The Balaban J connectivity index is 2.82. The number of carboxylic acids is 1. The lowest BCUT2D eigenvalue weighted by Gasteiger charge is -2.09. The molecule has 4 N–H and O–H groups in total. The smallest absolute Gasteiger partial charge is 0.354 e. The summed E-state index contributed by atoms with van der Waals surface area (Å²) in [5.41, 5.74) is 5.01. The van der Waals surface area contributed by atoms with E-state index in [0.29, 0.717) is 5.70 Å². The lowest BCUT2D eigenvalue weighted by atomic mass is 10.3. The minimum absolute atomic E-state index is 0.261. The van der Waals surface area contributed by atoms with Gasteiger partial charge >= 0.3 is 5.97 Å². The third-order valence-electron chi connectivity index (χ3n) is 2.01. The molecule has 15 heavy (non-hydrogen) atoms. The fraction of sp³-hybridized carbons (Fsp3) is 0.333. The van der Waals surface area contributed by atoms with Crippen LogP contribution < -0.4 is 11.1 Å². The number of hydrogen-bond donors (Lipinski definition) is 3. The molecule has 0 saturated heterocycles. The van der Waals surface area contributed by atoms with Gasteiger partial charge in [0.25, 0.3) is 5.91 Å². The monoisotopic (exact) mass is 230 g/mol. The summed E-state index contributed by atoms with van der Waals surface area (Å²) in [6.45, 7) is 3.66. The first-order valence-corrected chi connectivity index (χ1v) is 4.70. The molecule has 82 valence electrons. The van der Waals surface area contributed by atoms with Crippen LogP contribution in [-0.4, -0.2) is 17.0 Å². The zero-order valence-corrected chi connectivity index (χ0v) is 8.67. The molecule has 1 fully saturated rings. The highest BCUT2D eigenvalue weighted by molar-refractivity contribution is 6.43. The van der Waals surface area contributed by atoms with Gasteiger partial charge in [0, 0.05) is 5.70 Å². The Morgan fingerprint density at radius 1 is 1.47 bits per heavy atom. The van der Waals surface area contributed by atoms with Crippen molar-refractivity contribution in [2.24, 2.45) is 11.7 Å². The van der Waals surface area contributed by atoms with Gasteiger partial charge in [0.2, 0.25) is 0 Å². The fourth-order valence-electron chi connectivity index (χ4n) is 1.02. The van der Waals surface area contributed by atoms with Crippen molar-refractivity contribution >= 4 is 23.5 Å². The van der Waals surface area contributed by atoms with E-state index in [-0.39, 0.29) is 5.92 Å². The average Bonchev–Trinajstić information content (AvgIpc) is 2.94. The van der Waals surface area contributed by atoms with Gasteiger partial charge in [0.1, 0.15) is 10.7 Å². The molecule has 0 aromatic heterocycles. The number of nitrogens with two attached hydrogens (primary N) is 1. The molecule has 0 aliphatic heterocycles. The van der Waals surface area contributed by atoms with Crippen molar-refractivity contribution in [3.8, 4) is 0 Å². The lowest BCUT2D eigenvalue weighted by molar-refractivity contribution is -0.133. The van der Waals surface area contributed by atoms with Gasteiger partial charge in [-0.05, 0) is 18.8 Å². The maximum Gasteiger partial charge on any atom is 0.354 e. The van der Waals surface area contributed by atoms with Gasteiger partial charge in [-0.25, -0.2) is 4.79 Å². The van der Waals surface area contributed by atoms with Crippen LogP contribution in [0.5, 0.6) is 0 Å². The predicted octanol–water partition coefficient (Wildman–Crippen LogP) is 0.520. The highest BCUT2D eigenvalue weighted by Crippen LogP contribution is 2.34. The van der Waals surface area contributed by atoms with E-state index in [1.165, 1.54) is 0 Å². The molecule has 1 amide bonds. The number of nitrogens with one attached hydrogen (secondary N) is 1. The van der Waals surface area contributed by atoms with Crippen LogP contribution in [0, 0.1) is 5.92 Å². The van der Waals surface area contributed by atoms with E-state index in [2.05, 4.69) is 11.9 Å². The average molecular weight is 231 g/mol. The van der Waals surface area contributed by atoms with Crippen LogP contribution in [0.15, 0.2) is 23.0 Å². The number of primary amides is 1. The molecule has 0 bridgehead atoms. The summed E-state index contributed by atoms with van der Waals surface area (Å²) in [6, 6.07) is 0. The van der Waals surface area contributed by atoms with Gasteiger partial charge < -0.3 is 16.2 Å². The summed E-state index contributed by atoms with van der Waals surface area (Å²) >= 11 is 5.47. The third kappa shape index (κ3) is 2.99. The van der Waals surface area contributed by atoms with E-state index in [1.807, 2.05) is 0 Å². The second kappa shape index (κ2) is 4.35. The van der Waals surface area contributed by atoms with Gasteiger partial charge in [-0.2, -0.15) is 0 Å². The lowest BCUT2D eigenvalue weighted by Crippen LogP contribution is -2.25. The van der Waals surface area contributed by atoms with Crippen molar-refractivity contribution in [2.45, 2.75) is 12.8 Å². The van der Waals surface area contributed by atoms with E-state index < -0.39 is 22.6 Å². The molecule has 0 spiro atoms. The Labute approximate surface area is 91.6 Å². The first-order valence-electron chi connectivity index (χ1n) is 4.32. The Hall–Kier alpha value is -1.49. The summed E-state index contributed by atoms with van der Waals surface area (Å²) in [5, 5.41) is 10.8. The van der Waals surface area contributed by atoms with Gasteiger partial charge in [-0.3, -0.25) is 4.79 Å². The van der Waals surface area contributed by atoms with Crippen molar-refractivity contribution in [3.63, 3.8) is 0 Å². The molecule has 1 aliphatic carbocycles. The molecule has 6 heteroatoms. The number of carbonyl (C=O) groups is 2. The molecule has 0 unspecified atom stereocenters. The Kier molecular flexibility index (Phi) is 3.36. The minimum atomic E-state index is -1.33. The molecule has 0 atom stereocenters. The van der Waals surface area contributed by atoms with Crippen LogP contribution in [0.25, 0.3) is 0 Å². The normalized spacial score (nSPS) is 16.6. The molecule has 1 rings (SSSR count). The molecule has 0 heterocycles. The molecule has 0 radical (unpaired) electrons. The zero-order valence-electron chi connectivity index (χ0n) is 7.92. The van der Waals surface area contributed by atoms with Crippen molar-refractivity contribution in [1.29, 1.82) is 0 Å². The zero-order chi connectivity index (χ0) is 11.6. The maximum atomic E-state index is 10.8. The number of carbonyl (C=O) groups excluding carboxylic acids is 1. The molecule has 5 nitrogen and oxygen atoms in total. The highest BCUT2D eigenvalue weighted by atomic mass is 35.5. The third-order valence-corrected chi connectivity index (χ3v) is 2.38. The Bertz CT molecular complexity index is 358. The van der Waals surface area contributed by atoms with Crippen LogP contribution in [-0.2, 0) is 9.59 Å². The quantitative estimate of drug-likeness (QED) is 0.601. The fourth-order valence-corrected chi connectivity index (χ4v) is 1.15. The van der Waals surface area contributed by atoms with Crippen LogP contribution in [0.2, 0.25) is 0 Å². The first kappa shape index (κ1) is 11.6. The van der Waals surface area contributed by atoms with E-state index in [1.54, 1.807) is 0 Å². The summed E-state index contributed by atoms with van der Waals surface area (Å²) in [5.74, 6) is -2.05. The van der Waals surface area contributed by atoms with Crippen molar-refractivity contribution in [3.05, 3.63) is 23.0 Å². The van der Waals surface area contributed by atoms with Crippen LogP contribution in [0.1, 0.15) is 12.8 Å². The summed E-state index contributed by atoms with van der Waals surface area (Å²) in [6.07, 6.45) is 1.93. The molecule has 0 aromatic rings. The first-order chi connectivity index (χ1) is 6.93. The Morgan fingerprint density at radius 2 is 2.00 bits per heavy atom. The maximum absolute atomic E-state index is 10.8. The van der Waals surface area contributed by atoms with E-state index in [0.717, 1.165) is 12.8 Å².